The first-order valence-electron chi connectivity index (χ1n) is 8.77. The Labute approximate surface area is 170 Å². The Hall–Kier alpha value is -1.35. The van der Waals surface area contributed by atoms with Gasteiger partial charge in [0.1, 0.15) is 5.69 Å². The minimum atomic E-state index is -0.458. The molecule has 0 bridgehead atoms. The van der Waals surface area contributed by atoms with E-state index >= 15 is 0 Å². The van der Waals surface area contributed by atoms with Crippen LogP contribution in [0.4, 0.5) is 0 Å². The number of aromatic nitrogens is 1. The van der Waals surface area contributed by atoms with Crippen molar-refractivity contribution in [3.05, 3.63) is 29.6 Å². The average Bonchev–Trinajstić information content (AvgIpc) is 2.69. The Morgan fingerprint density at radius 3 is 2.96 bits per heavy atom. The highest BCUT2D eigenvalue weighted by atomic mass is 32.2. The number of carbonyl (C=O) groups excluding carboxylic acids is 1. The van der Waals surface area contributed by atoms with Crippen LogP contribution in [0.2, 0.25) is 0 Å². The van der Waals surface area contributed by atoms with Gasteiger partial charge in [0.05, 0.1) is 37.7 Å². The SMILES string of the molecule is COC(=O)c1cccc(CN(CCO)CCOCCCSCCN=C=S)n1. The molecular weight excluding hydrogens is 386 g/mol. The summed E-state index contributed by atoms with van der Waals surface area (Å²) in [5, 5.41) is 11.6. The van der Waals surface area contributed by atoms with Gasteiger partial charge in [-0.3, -0.25) is 4.90 Å². The second kappa shape index (κ2) is 15.7. The van der Waals surface area contributed by atoms with E-state index in [0.29, 0.717) is 32.8 Å². The third kappa shape index (κ3) is 11.2. The van der Waals surface area contributed by atoms with E-state index in [1.165, 1.54) is 7.11 Å². The van der Waals surface area contributed by atoms with Gasteiger partial charge >= 0.3 is 5.97 Å². The summed E-state index contributed by atoms with van der Waals surface area (Å²) in [5.41, 5.74) is 1.03. The average molecular weight is 414 g/mol. The number of aliphatic hydroxyl groups is 1. The topological polar surface area (TPSA) is 84.2 Å². The van der Waals surface area contributed by atoms with Crippen LogP contribution in [0.15, 0.2) is 23.2 Å². The van der Waals surface area contributed by atoms with Crippen LogP contribution in [0.25, 0.3) is 0 Å². The maximum absolute atomic E-state index is 11.6. The van der Waals surface area contributed by atoms with Gasteiger partial charge in [0.15, 0.2) is 0 Å². The maximum atomic E-state index is 11.6. The number of ether oxygens (including phenoxy) is 2. The highest BCUT2D eigenvalue weighted by Gasteiger charge is 2.10. The normalized spacial score (nSPS) is 10.6. The zero-order valence-electron chi connectivity index (χ0n) is 15.6. The minimum Gasteiger partial charge on any atom is -0.464 e. The van der Waals surface area contributed by atoms with Gasteiger partial charge in [-0.05, 0) is 36.5 Å². The van der Waals surface area contributed by atoms with E-state index in [4.69, 9.17) is 9.47 Å². The lowest BCUT2D eigenvalue weighted by atomic mass is 10.3. The number of rotatable bonds is 15. The van der Waals surface area contributed by atoms with E-state index in [0.717, 1.165) is 30.2 Å². The number of nitrogens with zero attached hydrogens (tertiary/aromatic N) is 3. The number of thioether (sulfide) groups is 1. The highest BCUT2D eigenvalue weighted by Crippen LogP contribution is 2.06. The molecule has 27 heavy (non-hydrogen) atoms. The molecule has 0 fully saturated rings. The third-order valence-electron chi connectivity index (χ3n) is 3.54. The van der Waals surface area contributed by atoms with Crippen molar-refractivity contribution in [2.24, 2.45) is 4.99 Å². The minimum absolute atomic E-state index is 0.0531. The molecule has 0 saturated heterocycles. The first-order chi connectivity index (χ1) is 13.2. The molecule has 150 valence electrons. The fraction of sp³-hybridized carbons (Fsp3) is 0.611. The van der Waals surface area contributed by atoms with Crippen molar-refractivity contribution in [3.8, 4) is 0 Å². The lowest BCUT2D eigenvalue weighted by Crippen LogP contribution is -2.30. The summed E-state index contributed by atoms with van der Waals surface area (Å²) >= 11 is 6.34. The summed E-state index contributed by atoms with van der Waals surface area (Å²) in [4.78, 5) is 21.8. The van der Waals surface area contributed by atoms with Gasteiger partial charge in [-0.2, -0.15) is 11.8 Å². The maximum Gasteiger partial charge on any atom is 0.356 e. The summed E-state index contributed by atoms with van der Waals surface area (Å²) in [5.74, 6) is 1.52. The number of carbonyl (C=O) groups is 1. The number of aliphatic imine (C=N–C) groups is 1. The van der Waals surface area contributed by atoms with Crippen molar-refractivity contribution in [1.29, 1.82) is 0 Å². The van der Waals surface area contributed by atoms with Crippen LogP contribution >= 0.6 is 24.0 Å². The molecule has 0 radical (unpaired) electrons. The van der Waals surface area contributed by atoms with E-state index in [2.05, 4.69) is 27.4 Å². The first kappa shape index (κ1) is 23.7. The van der Waals surface area contributed by atoms with Crippen LogP contribution in [0.1, 0.15) is 22.6 Å². The summed E-state index contributed by atoms with van der Waals surface area (Å²) in [7, 11) is 1.33. The molecule has 9 heteroatoms. The molecule has 0 aliphatic carbocycles. The van der Waals surface area contributed by atoms with Crippen LogP contribution in [-0.4, -0.2) is 84.2 Å². The smallest absolute Gasteiger partial charge is 0.356 e. The van der Waals surface area contributed by atoms with Crippen molar-refractivity contribution >= 4 is 35.1 Å². The van der Waals surface area contributed by atoms with Gasteiger partial charge in [0.2, 0.25) is 0 Å². The van der Waals surface area contributed by atoms with Crippen LogP contribution in [0.3, 0.4) is 0 Å². The number of pyridine rings is 1. The zero-order valence-corrected chi connectivity index (χ0v) is 17.3. The molecule has 0 aliphatic heterocycles. The predicted molar refractivity (Wildman–Crippen MR) is 111 cm³/mol. The van der Waals surface area contributed by atoms with Gasteiger partial charge in [-0.15, -0.1) is 0 Å². The van der Waals surface area contributed by atoms with Crippen molar-refractivity contribution in [3.63, 3.8) is 0 Å². The van der Waals surface area contributed by atoms with Gasteiger partial charge in [-0.1, -0.05) is 6.07 Å². The molecule has 1 N–H and O–H groups in total. The number of isothiocyanates is 1. The van der Waals surface area contributed by atoms with E-state index in [9.17, 15) is 9.90 Å². The molecule has 7 nitrogen and oxygen atoms in total. The van der Waals surface area contributed by atoms with E-state index in [1.54, 1.807) is 12.1 Å². The molecule has 0 aromatic carbocycles. The van der Waals surface area contributed by atoms with Gasteiger partial charge in [-0.25, -0.2) is 14.8 Å². The van der Waals surface area contributed by atoms with Crippen LogP contribution in [0, 0.1) is 0 Å². The van der Waals surface area contributed by atoms with Crippen molar-refractivity contribution < 1.29 is 19.4 Å². The number of methoxy groups -OCH3 is 1. The molecule has 1 rings (SSSR count). The summed E-state index contributed by atoms with van der Waals surface area (Å²) < 4.78 is 10.4. The Morgan fingerprint density at radius 2 is 2.22 bits per heavy atom. The Morgan fingerprint density at radius 1 is 1.37 bits per heavy atom. The van der Waals surface area contributed by atoms with Gasteiger partial charge in [0, 0.05) is 32.0 Å². The number of esters is 1. The molecule has 1 aromatic rings. The molecular formula is C18H27N3O4S2. The van der Waals surface area contributed by atoms with E-state index in [1.807, 2.05) is 22.7 Å². The Balaban J connectivity index is 2.27. The standard InChI is InChI=1S/C18H27N3O4S2/c1-24-18(23)17-5-2-4-16(20-17)14-21(7-9-22)8-11-25-10-3-12-27-13-6-19-15-26/h2,4-5,22H,3,6-14H2,1H3. The molecule has 0 spiro atoms. The summed E-state index contributed by atoms with van der Waals surface area (Å²) in [6.07, 6.45) is 0.981. The fourth-order valence-electron chi connectivity index (χ4n) is 2.24. The van der Waals surface area contributed by atoms with Crippen molar-refractivity contribution in [2.75, 3.05) is 58.1 Å². The molecule has 1 aromatic heterocycles. The fourth-order valence-corrected chi connectivity index (χ4v) is 3.08. The molecule has 0 atom stereocenters. The zero-order chi connectivity index (χ0) is 19.7. The Kier molecular flexibility index (Phi) is 13.8. The molecule has 0 amide bonds. The van der Waals surface area contributed by atoms with E-state index in [-0.39, 0.29) is 12.3 Å². The highest BCUT2D eigenvalue weighted by molar-refractivity contribution is 7.99. The predicted octanol–water partition coefficient (Wildman–Crippen LogP) is 1.91. The third-order valence-corrected chi connectivity index (χ3v) is 4.72. The lowest BCUT2D eigenvalue weighted by molar-refractivity contribution is 0.0592. The quantitative estimate of drug-likeness (QED) is 0.202. The molecule has 0 saturated carbocycles. The largest absolute Gasteiger partial charge is 0.464 e. The van der Waals surface area contributed by atoms with Crippen molar-refractivity contribution in [1.82, 2.24) is 9.88 Å². The Bertz CT molecular complexity index is 598. The number of hydrogen-bond acceptors (Lipinski definition) is 9. The molecule has 0 aliphatic rings. The van der Waals surface area contributed by atoms with Crippen molar-refractivity contribution in [2.45, 2.75) is 13.0 Å². The van der Waals surface area contributed by atoms with Gasteiger partial charge in [0.25, 0.3) is 0 Å². The summed E-state index contributed by atoms with van der Waals surface area (Å²) in [6, 6.07) is 5.25. The number of aliphatic hydroxyl groups excluding tert-OH is 1. The van der Waals surface area contributed by atoms with Crippen LogP contribution < -0.4 is 0 Å². The summed E-state index contributed by atoms with van der Waals surface area (Å²) in [6.45, 7) is 3.78. The lowest BCUT2D eigenvalue weighted by Gasteiger charge is -2.21. The van der Waals surface area contributed by atoms with Crippen LogP contribution in [-0.2, 0) is 16.0 Å². The van der Waals surface area contributed by atoms with Crippen LogP contribution in [0.5, 0.6) is 0 Å². The monoisotopic (exact) mass is 413 g/mol. The first-order valence-corrected chi connectivity index (χ1v) is 10.3. The number of hydrogen-bond donors (Lipinski definition) is 1. The second-order valence-electron chi connectivity index (χ2n) is 5.56. The van der Waals surface area contributed by atoms with E-state index < -0.39 is 5.97 Å². The second-order valence-corrected chi connectivity index (χ2v) is 6.96. The molecule has 1 heterocycles. The number of thiocarbonyl (C=S) groups is 1. The van der Waals surface area contributed by atoms with Gasteiger partial charge < -0.3 is 14.6 Å². The molecule has 0 unspecified atom stereocenters.